The number of nitrogens with zero attached hydrogens (tertiary/aromatic N) is 1. The molecule has 0 bridgehead atoms. The summed E-state index contributed by atoms with van der Waals surface area (Å²) in [5.74, 6) is -3.34. The van der Waals surface area contributed by atoms with Gasteiger partial charge in [-0.1, -0.05) is 11.2 Å². The third-order valence-corrected chi connectivity index (χ3v) is 4.18. The van der Waals surface area contributed by atoms with Gasteiger partial charge < -0.3 is 36.6 Å². The Hall–Kier alpha value is -4.42. The second kappa shape index (κ2) is 10.6. The van der Waals surface area contributed by atoms with Crippen LogP contribution in [0.25, 0.3) is 0 Å². The van der Waals surface area contributed by atoms with E-state index in [0.29, 0.717) is 11.4 Å². The molecule has 170 valence electrons. The van der Waals surface area contributed by atoms with Crippen molar-refractivity contribution in [2.45, 2.75) is 19.9 Å². The Balaban J connectivity index is 1.87. The Kier molecular flexibility index (Phi) is 7.87. The molecule has 13 heteroatoms. The summed E-state index contributed by atoms with van der Waals surface area (Å²) < 4.78 is 4.88. The van der Waals surface area contributed by atoms with Crippen LogP contribution in [0, 0.1) is 19.3 Å². The molecule has 1 heterocycles. The molecule has 2 rings (SSSR count). The molecule has 0 saturated heterocycles. The Morgan fingerprint density at radius 2 is 1.91 bits per heavy atom. The molecule has 8 N–H and O–H groups in total. The first-order valence-corrected chi connectivity index (χ1v) is 9.31. The number of nitrogens with one attached hydrogen (secondary N) is 5. The first kappa shape index (κ1) is 23.9. The normalized spacial score (nSPS) is 11.2. The van der Waals surface area contributed by atoms with E-state index in [1.807, 2.05) is 0 Å². The van der Waals surface area contributed by atoms with E-state index in [2.05, 4.69) is 26.4 Å². The van der Waals surface area contributed by atoms with E-state index in [4.69, 9.17) is 15.7 Å². The third-order valence-electron chi connectivity index (χ3n) is 4.18. The van der Waals surface area contributed by atoms with Crippen molar-refractivity contribution in [3.05, 3.63) is 46.8 Å². The van der Waals surface area contributed by atoms with Gasteiger partial charge in [-0.05, 0) is 32.0 Å². The van der Waals surface area contributed by atoms with Crippen molar-refractivity contribution in [1.29, 1.82) is 5.41 Å². The number of aromatic nitrogens is 1. The van der Waals surface area contributed by atoms with Crippen molar-refractivity contribution < 1.29 is 28.8 Å². The van der Waals surface area contributed by atoms with Crippen molar-refractivity contribution in [2.24, 2.45) is 5.73 Å². The monoisotopic (exact) mass is 445 g/mol. The lowest BCUT2D eigenvalue weighted by atomic mass is 10.1. The SMILES string of the molecule is Cc1noc(C)c1C(=O)N[C@@H](CNC(=O)CNC(=O)c1cccc(NC(=N)N)c1)C(=O)O. The number of guanidine groups is 1. The van der Waals surface area contributed by atoms with E-state index >= 15 is 0 Å². The zero-order valence-electron chi connectivity index (χ0n) is 17.3. The maximum Gasteiger partial charge on any atom is 0.328 e. The standard InChI is InChI=1S/C19H23N7O6/c1-9-15(10(2)32-26-9)17(29)25-13(18(30)31)7-22-14(27)8-23-16(28)11-4-3-5-12(6-11)24-19(20)21/h3-6,13H,7-8H2,1-2H3,(H,22,27)(H,23,28)(H,25,29)(H,30,31)(H4,20,21,24)/t13-/m0/s1. The molecule has 0 unspecified atom stereocenters. The average Bonchev–Trinajstić information content (AvgIpc) is 3.06. The fourth-order valence-electron chi connectivity index (χ4n) is 2.67. The lowest BCUT2D eigenvalue weighted by molar-refractivity contribution is -0.139. The largest absolute Gasteiger partial charge is 0.480 e. The van der Waals surface area contributed by atoms with Crippen LogP contribution in [0.5, 0.6) is 0 Å². The molecule has 0 fully saturated rings. The van der Waals surface area contributed by atoms with Gasteiger partial charge in [0.15, 0.2) is 5.96 Å². The molecule has 1 aromatic carbocycles. The summed E-state index contributed by atoms with van der Waals surface area (Å²) in [6.07, 6.45) is 0. The number of hydrogen-bond acceptors (Lipinski definition) is 7. The zero-order valence-corrected chi connectivity index (χ0v) is 17.3. The molecular weight excluding hydrogens is 422 g/mol. The quantitative estimate of drug-likeness (QED) is 0.192. The number of benzene rings is 1. The second-order valence-electron chi connectivity index (χ2n) is 6.67. The summed E-state index contributed by atoms with van der Waals surface area (Å²) in [5.41, 5.74) is 6.31. The summed E-state index contributed by atoms with van der Waals surface area (Å²) in [7, 11) is 0. The van der Waals surface area contributed by atoms with Gasteiger partial charge in [0.05, 0.1) is 12.2 Å². The van der Waals surface area contributed by atoms with Crippen molar-refractivity contribution in [2.75, 3.05) is 18.4 Å². The number of amides is 3. The van der Waals surface area contributed by atoms with Crippen LogP contribution >= 0.6 is 0 Å². The van der Waals surface area contributed by atoms with Gasteiger partial charge in [-0.2, -0.15) is 0 Å². The second-order valence-corrected chi connectivity index (χ2v) is 6.67. The molecule has 13 nitrogen and oxygen atoms in total. The number of aliphatic carboxylic acids is 1. The highest BCUT2D eigenvalue weighted by molar-refractivity contribution is 5.99. The lowest BCUT2D eigenvalue weighted by Crippen LogP contribution is -2.50. The summed E-state index contributed by atoms with van der Waals surface area (Å²) in [6.45, 7) is 2.23. The van der Waals surface area contributed by atoms with Gasteiger partial charge in [-0.15, -0.1) is 0 Å². The predicted octanol–water partition coefficient (Wildman–Crippen LogP) is -0.674. The molecule has 0 spiro atoms. The van der Waals surface area contributed by atoms with Gasteiger partial charge in [0.1, 0.15) is 17.4 Å². The Morgan fingerprint density at radius 1 is 1.19 bits per heavy atom. The van der Waals surface area contributed by atoms with Crippen molar-refractivity contribution in [3.63, 3.8) is 0 Å². The number of carboxylic acids is 1. The van der Waals surface area contributed by atoms with Crippen molar-refractivity contribution >= 4 is 35.3 Å². The average molecular weight is 445 g/mol. The van der Waals surface area contributed by atoms with E-state index in [0.717, 1.165) is 0 Å². The number of rotatable bonds is 9. The topological polar surface area (TPSA) is 213 Å². The van der Waals surface area contributed by atoms with Crippen molar-refractivity contribution in [1.82, 2.24) is 21.1 Å². The minimum absolute atomic E-state index is 0.122. The minimum atomic E-state index is -1.41. The molecule has 3 amide bonds. The smallest absolute Gasteiger partial charge is 0.328 e. The van der Waals surface area contributed by atoms with E-state index in [9.17, 15) is 24.3 Å². The molecule has 0 aliphatic heterocycles. The molecule has 0 aliphatic rings. The Labute approximate surface area is 182 Å². The number of carboxylic acid groups (broad SMARTS) is 1. The van der Waals surface area contributed by atoms with Crippen LogP contribution < -0.4 is 27.0 Å². The number of carbonyl (C=O) groups excluding carboxylic acids is 3. The van der Waals surface area contributed by atoms with Crippen LogP contribution in [0.3, 0.4) is 0 Å². The first-order chi connectivity index (χ1) is 15.1. The first-order valence-electron chi connectivity index (χ1n) is 9.31. The predicted molar refractivity (Wildman–Crippen MR) is 112 cm³/mol. The lowest BCUT2D eigenvalue weighted by Gasteiger charge is -2.15. The van der Waals surface area contributed by atoms with Crippen LogP contribution in [0.15, 0.2) is 28.8 Å². The highest BCUT2D eigenvalue weighted by Crippen LogP contribution is 2.12. The van der Waals surface area contributed by atoms with Crippen LogP contribution in [0.1, 0.15) is 32.2 Å². The van der Waals surface area contributed by atoms with Crippen LogP contribution in [0.2, 0.25) is 0 Å². The Morgan fingerprint density at radius 3 is 2.50 bits per heavy atom. The molecule has 2 aromatic rings. The molecule has 0 aliphatic carbocycles. The van der Waals surface area contributed by atoms with E-state index in [1.165, 1.54) is 26.0 Å². The highest BCUT2D eigenvalue weighted by atomic mass is 16.5. The number of hydrogen-bond donors (Lipinski definition) is 7. The van der Waals surface area contributed by atoms with Crippen LogP contribution in [-0.4, -0.2) is 59.0 Å². The molecule has 1 aromatic heterocycles. The highest BCUT2D eigenvalue weighted by Gasteiger charge is 2.25. The molecule has 0 saturated carbocycles. The maximum absolute atomic E-state index is 12.3. The Bertz CT molecular complexity index is 1030. The van der Waals surface area contributed by atoms with Crippen molar-refractivity contribution in [3.8, 4) is 0 Å². The van der Waals surface area contributed by atoms with E-state index < -0.39 is 42.8 Å². The van der Waals surface area contributed by atoms with Crippen LogP contribution in [-0.2, 0) is 9.59 Å². The third kappa shape index (κ3) is 6.55. The number of carbonyl (C=O) groups is 4. The maximum atomic E-state index is 12.3. The summed E-state index contributed by atoms with van der Waals surface area (Å²) >= 11 is 0. The zero-order chi connectivity index (χ0) is 23.8. The minimum Gasteiger partial charge on any atom is -0.480 e. The van der Waals surface area contributed by atoms with E-state index in [-0.39, 0.29) is 22.8 Å². The summed E-state index contributed by atoms with van der Waals surface area (Å²) in [6, 6.07) is 4.71. The molecule has 1 atom stereocenters. The number of aryl methyl sites for hydroxylation is 2. The molecule has 32 heavy (non-hydrogen) atoms. The fourth-order valence-corrected chi connectivity index (χ4v) is 2.67. The van der Waals surface area contributed by atoms with Crippen LogP contribution in [0.4, 0.5) is 5.69 Å². The van der Waals surface area contributed by atoms with E-state index in [1.54, 1.807) is 12.1 Å². The summed E-state index contributed by atoms with van der Waals surface area (Å²) in [4.78, 5) is 48.0. The van der Waals surface area contributed by atoms with Gasteiger partial charge in [0, 0.05) is 17.8 Å². The number of anilines is 1. The number of nitrogens with two attached hydrogens (primary N) is 1. The summed E-state index contributed by atoms with van der Waals surface area (Å²) in [5, 5.41) is 29.7. The van der Waals surface area contributed by atoms with Gasteiger partial charge in [0.25, 0.3) is 11.8 Å². The van der Waals surface area contributed by atoms with Gasteiger partial charge in [-0.3, -0.25) is 19.8 Å². The molecule has 0 radical (unpaired) electrons. The van der Waals surface area contributed by atoms with Gasteiger partial charge >= 0.3 is 5.97 Å². The fraction of sp³-hybridized carbons (Fsp3) is 0.263. The van der Waals surface area contributed by atoms with Gasteiger partial charge in [0.2, 0.25) is 5.91 Å². The van der Waals surface area contributed by atoms with Gasteiger partial charge in [-0.25, -0.2) is 4.79 Å². The molecular formula is C19H23N7O6.